The largest absolute Gasteiger partial charge is 0.489 e. The Labute approximate surface area is 104 Å². The van der Waals surface area contributed by atoms with Crippen molar-refractivity contribution in [2.75, 3.05) is 0 Å². The molecule has 0 bridgehead atoms. The van der Waals surface area contributed by atoms with Crippen molar-refractivity contribution < 1.29 is 4.74 Å². The summed E-state index contributed by atoms with van der Waals surface area (Å²) < 4.78 is 5.67. The van der Waals surface area contributed by atoms with Crippen LogP contribution in [0.3, 0.4) is 0 Å². The summed E-state index contributed by atoms with van der Waals surface area (Å²) in [6.07, 6.45) is 11.2. The van der Waals surface area contributed by atoms with Crippen LogP contribution in [0.1, 0.15) is 25.8 Å². The van der Waals surface area contributed by atoms with Crippen molar-refractivity contribution in [1.29, 1.82) is 0 Å². The van der Waals surface area contributed by atoms with Gasteiger partial charge in [-0.05, 0) is 24.1 Å². The molecule has 0 radical (unpaired) electrons. The lowest BCUT2D eigenvalue weighted by Crippen LogP contribution is -1.90. The molecule has 90 valence electrons. The van der Waals surface area contributed by atoms with Crippen LogP contribution >= 0.6 is 0 Å². The van der Waals surface area contributed by atoms with Gasteiger partial charge in [-0.3, -0.25) is 0 Å². The molecule has 2 rings (SSSR count). The van der Waals surface area contributed by atoms with E-state index < -0.39 is 0 Å². The highest BCUT2D eigenvalue weighted by atomic mass is 16.5. The number of hydrogen-bond donors (Lipinski definition) is 0. The molecule has 0 saturated heterocycles. The first-order chi connectivity index (χ1) is 8.45. The molecule has 0 spiro atoms. The van der Waals surface area contributed by atoms with Gasteiger partial charge >= 0.3 is 0 Å². The van der Waals surface area contributed by atoms with Crippen molar-refractivity contribution in [3.63, 3.8) is 0 Å². The zero-order valence-corrected chi connectivity index (χ0v) is 10.6. The van der Waals surface area contributed by atoms with Crippen LogP contribution in [0.15, 0.2) is 66.5 Å². The summed E-state index contributed by atoms with van der Waals surface area (Å²) in [6.45, 7) is 4.63. The summed E-state index contributed by atoms with van der Waals surface area (Å²) in [6, 6.07) is 10.2. The molecule has 0 saturated carbocycles. The molecule has 1 aliphatic rings. The Morgan fingerprint density at radius 1 is 1.06 bits per heavy atom. The fourth-order valence-electron chi connectivity index (χ4n) is 1.40. The maximum absolute atomic E-state index is 5.67. The summed E-state index contributed by atoms with van der Waals surface area (Å²) in [7, 11) is 0. The monoisotopic (exact) mass is 228 g/mol. The van der Waals surface area contributed by atoms with Crippen molar-refractivity contribution in [3.05, 3.63) is 72.0 Å². The molecule has 0 fully saturated rings. The topological polar surface area (TPSA) is 9.23 Å². The first-order valence-corrected chi connectivity index (χ1v) is 6.15. The van der Waals surface area contributed by atoms with E-state index in [1.807, 2.05) is 50.3 Å². The van der Waals surface area contributed by atoms with Crippen LogP contribution in [0.5, 0.6) is 0 Å². The first kappa shape index (κ1) is 13.3. The van der Waals surface area contributed by atoms with Crippen LogP contribution in [-0.2, 0) is 11.3 Å². The Hall–Kier alpha value is -1.76. The maximum atomic E-state index is 5.67. The van der Waals surface area contributed by atoms with Gasteiger partial charge in [-0.2, -0.15) is 0 Å². The third kappa shape index (κ3) is 5.21. The second kappa shape index (κ2) is 8.40. The molecule has 1 heteroatoms. The molecule has 0 heterocycles. The second-order valence-electron chi connectivity index (χ2n) is 3.41. The van der Waals surface area contributed by atoms with Gasteiger partial charge in [0.05, 0.1) is 0 Å². The minimum atomic E-state index is 0.630. The van der Waals surface area contributed by atoms with E-state index in [1.54, 1.807) is 0 Å². The standard InChI is InChI=1S/C14H14O.C2H6/c1-2-7-11-14(10-6-1)15-12-13-8-4-3-5-9-13;1-2/h1,3-11H,2,12H2;1-2H3. The molecule has 1 aliphatic carbocycles. The lowest BCUT2D eigenvalue weighted by Gasteiger charge is -2.05. The van der Waals surface area contributed by atoms with E-state index in [0.717, 1.165) is 12.2 Å². The summed E-state index contributed by atoms with van der Waals surface area (Å²) in [5, 5.41) is 0. The number of hydrogen-bond acceptors (Lipinski definition) is 1. The van der Waals surface area contributed by atoms with Gasteiger partial charge in [-0.1, -0.05) is 62.4 Å². The average Bonchev–Trinajstić information content (AvgIpc) is 2.68. The molecule has 1 aromatic rings. The number of rotatable bonds is 3. The predicted molar refractivity (Wildman–Crippen MR) is 73.6 cm³/mol. The minimum Gasteiger partial charge on any atom is -0.489 e. The maximum Gasteiger partial charge on any atom is 0.119 e. The van der Waals surface area contributed by atoms with Crippen molar-refractivity contribution >= 4 is 0 Å². The van der Waals surface area contributed by atoms with Crippen LogP contribution in [0.2, 0.25) is 0 Å². The highest BCUT2D eigenvalue weighted by Crippen LogP contribution is 2.09. The summed E-state index contributed by atoms with van der Waals surface area (Å²) in [5.41, 5.74) is 1.19. The van der Waals surface area contributed by atoms with Crippen LogP contribution in [-0.4, -0.2) is 0 Å². The van der Waals surface area contributed by atoms with Crippen LogP contribution in [0.25, 0.3) is 0 Å². The van der Waals surface area contributed by atoms with Crippen molar-refractivity contribution in [2.24, 2.45) is 0 Å². The predicted octanol–water partition coefficient (Wildman–Crippen LogP) is 4.63. The molecular weight excluding hydrogens is 208 g/mol. The molecule has 0 aliphatic heterocycles. The molecule has 17 heavy (non-hydrogen) atoms. The SMILES string of the molecule is C1=CCC=CC(OCc2ccccc2)=C1.CC. The van der Waals surface area contributed by atoms with E-state index in [4.69, 9.17) is 4.74 Å². The molecule has 0 amide bonds. The molecule has 1 aromatic carbocycles. The van der Waals surface area contributed by atoms with Crippen LogP contribution in [0, 0.1) is 0 Å². The number of ether oxygens (including phenoxy) is 1. The van der Waals surface area contributed by atoms with E-state index in [9.17, 15) is 0 Å². The third-order valence-corrected chi connectivity index (χ3v) is 2.20. The fourth-order valence-corrected chi connectivity index (χ4v) is 1.40. The van der Waals surface area contributed by atoms with Gasteiger partial charge in [-0.15, -0.1) is 0 Å². The quantitative estimate of drug-likeness (QED) is 0.733. The molecule has 0 atom stereocenters. The van der Waals surface area contributed by atoms with Gasteiger partial charge < -0.3 is 4.74 Å². The summed E-state index contributed by atoms with van der Waals surface area (Å²) >= 11 is 0. The highest BCUT2D eigenvalue weighted by Gasteiger charge is 1.95. The van der Waals surface area contributed by atoms with Gasteiger partial charge in [0.2, 0.25) is 0 Å². The lowest BCUT2D eigenvalue weighted by molar-refractivity contribution is 0.211. The van der Waals surface area contributed by atoms with Gasteiger partial charge in [0, 0.05) is 0 Å². The zero-order chi connectivity index (χ0) is 12.3. The Kier molecular flexibility index (Phi) is 6.57. The van der Waals surface area contributed by atoms with Crippen LogP contribution < -0.4 is 0 Å². The van der Waals surface area contributed by atoms with E-state index in [0.29, 0.717) is 6.61 Å². The van der Waals surface area contributed by atoms with Gasteiger partial charge in [0.15, 0.2) is 0 Å². The summed E-state index contributed by atoms with van der Waals surface area (Å²) in [5.74, 6) is 0.924. The second-order valence-corrected chi connectivity index (χ2v) is 3.41. The molecule has 1 nitrogen and oxygen atoms in total. The average molecular weight is 228 g/mol. The summed E-state index contributed by atoms with van der Waals surface area (Å²) in [4.78, 5) is 0. The smallest absolute Gasteiger partial charge is 0.119 e. The Morgan fingerprint density at radius 3 is 2.59 bits per heavy atom. The van der Waals surface area contributed by atoms with Crippen LogP contribution in [0.4, 0.5) is 0 Å². The molecule has 0 unspecified atom stereocenters. The zero-order valence-electron chi connectivity index (χ0n) is 10.6. The lowest BCUT2D eigenvalue weighted by atomic mass is 10.2. The van der Waals surface area contributed by atoms with E-state index in [2.05, 4.69) is 24.3 Å². The van der Waals surface area contributed by atoms with E-state index in [1.165, 1.54) is 5.56 Å². The third-order valence-electron chi connectivity index (χ3n) is 2.20. The fraction of sp³-hybridized carbons (Fsp3) is 0.250. The van der Waals surface area contributed by atoms with Crippen molar-refractivity contribution in [1.82, 2.24) is 0 Å². The minimum absolute atomic E-state index is 0.630. The molecular formula is C16H20O. The Bertz CT molecular complexity index is 385. The highest BCUT2D eigenvalue weighted by molar-refractivity contribution is 5.23. The Morgan fingerprint density at radius 2 is 1.82 bits per heavy atom. The van der Waals surface area contributed by atoms with E-state index >= 15 is 0 Å². The number of allylic oxidation sites excluding steroid dienone is 5. The molecule has 0 aromatic heterocycles. The molecule has 0 N–H and O–H groups in total. The van der Waals surface area contributed by atoms with Gasteiger partial charge in [0.1, 0.15) is 12.4 Å². The van der Waals surface area contributed by atoms with Crippen molar-refractivity contribution in [2.45, 2.75) is 26.9 Å². The van der Waals surface area contributed by atoms with E-state index in [-0.39, 0.29) is 0 Å². The normalized spacial score (nSPS) is 13.2. The first-order valence-electron chi connectivity index (χ1n) is 6.15. The van der Waals surface area contributed by atoms with Gasteiger partial charge in [-0.25, -0.2) is 0 Å². The van der Waals surface area contributed by atoms with Crippen molar-refractivity contribution in [3.8, 4) is 0 Å². The van der Waals surface area contributed by atoms with Gasteiger partial charge in [0.25, 0.3) is 0 Å². The Balaban J connectivity index is 0.000000686. The number of benzene rings is 1.